The maximum absolute atomic E-state index is 12.7. The van der Waals surface area contributed by atoms with E-state index in [2.05, 4.69) is 11.4 Å². The molecular formula is C19H25NO3S. The fourth-order valence-electron chi connectivity index (χ4n) is 4.12. The van der Waals surface area contributed by atoms with Crippen LogP contribution >= 0.6 is 11.8 Å². The van der Waals surface area contributed by atoms with Gasteiger partial charge >= 0.3 is 0 Å². The van der Waals surface area contributed by atoms with Gasteiger partial charge in [0.1, 0.15) is 5.75 Å². The first-order chi connectivity index (χ1) is 11.7. The number of hydrogen-bond donors (Lipinski definition) is 1. The van der Waals surface area contributed by atoms with Crippen molar-refractivity contribution in [1.29, 1.82) is 0 Å². The van der Waals surface area contributed by atoms with Crippen LogP contribution in [0.5, 0.6) is 5.75 Å². The van der Waals surface area contributed by atoms with E-state index in [1.165, 1.54) is 5.75 Å². The fraction of sp³-hybridized carbons (Fsp3) is 0.632. The summed E-state index contributed by atoms with van der Waals surface area (Å²) in [6, 6.07) is 8.31. The number of carbonyl (C=O) groups is 1. The molecule has 4 rings (SSSR count). The van der Waals surface area contributed by atoms with Crippen molar-refractivity contribution in [3.63, 3.8) is 0 Å². The van der Waals surface area contributed by atoms with Crippen LogP contribution in [0.2, 0.25) is 0 Å². The van der Waals surface area contributed by atoms with Gasteiger partial charge in [0.05, 0.1) is 12.7 Å². The molecule has 2 saturated heterocycles. The Hall–Kier alpha value is -1.20. The van der Waals surface area contributed by atoms with E-state index in [1.54, 1.807) is 7.11 Å². The lowest BCUT2D eigenvalue weighted by atomic mass is 9.89. The minimum Gasteiger partial charge on any atom is -0.496 e. The SMILES string of the molecule is COc1ccccc1[C@@H]1C[C@H]1C(=O)N[C@H]1CCO[C@]2(CCSC2)C1. The number of amides is 1. The summed E-state index contributed by atoms with van der Waals surface area (Å²) >= 11 is 1.97. The molecule has 3 aliphatic rings. The molecule has 5 heteroatoms. The summed E-state index contributed by atoms with van der Waals surface area (Å²) < 4.78 is 11.5. The first-order valence-corrected chi connectivity index (χ1v) is 10.0. The van der Waals surface area contributed by atoms with E-state index in [0.29, 0.717) is 5.92 Å². The second-order valence-corrected chi connectivity index (χ2v) is 8.33. The largest absolute Gasteiger partial charge is 0.496 e. The van der Waals surface area contributed by atoms with Gasteiger partial charge in [-0.1, -0.05) is 18.2 Å². The number of ether oxygens (including phenoxy) is 2. The molecule has 1 spiro atoms. The third-order valence-corrected chi connectivity index (χ3v) is 6.80. The quantitative estimate of drug-likeness (QED) is 0.910. The Bertz CT molecular complexity index is 614. The van der Waals surface area contributed by atoms with E-state index < -0.39 is 0 Å². The van der Waals surface area contributed by atoms with Gasteiger partial charge in [0.2, 0.25) is 5.91 Å². The molecule has 4 atom stereocenters. The number of para-hydroxylation sites is 1. The van der Waals surface area contributed by atoms with Crippen molar-refractivity contribution in [1.82, 2.24) is 5.32 Å². The molecular weight excluding hydrogens is 322 g/mol. The van der Waals surface area contributed by atoms with Crippen LogP contribution in [-0.2, 0) is 9.53 Å². The van der Waals surface area contributed by atoms with Gasteiger partial charge in [-0.3, -0.25) is 4.79 Å². The van der Waals surface area contributed by atoms with Crippen LogP contribution in [0, 0.1) is 5.92 Å². The highest BCUT2D eigenvalue weighted by Gasteiger charge is 2.47. The van der Waals surface area contributed by atoms with E-state index >= 15 is 0 Å². The molecule has 1 aromatic rings. The van der Waals surface area contributed by atoms with Crippen molar-refractivity contribution in [2.24, 2.45) is 5.92 Å². The molecule has 24 heavy (non-hydrogen) atoms. The van der Waals surface area contributed by atoms with Crippen molar-refractivity contribution in [2.75, 3.05) is 25.2 Å². The van der Waals surface area contributed by atoms with Crippen LogP contribution < -0.4 is 10.1 Å². The van der Waals surface area contributed by atoms with Gasteiger partial charge < -0.3 is 14.8 Å². The summed E-state index contributed by atoms with van der Waals surface area (Å²) in [6.45, 7) is 0.770. The zero-order valence-electron chi connectivity index (χ0n) is 14.1. The highest BCUT2D eigenvalue weighted by atomic mass is 32.2. The van der Waals surface area contributed by atoms with Crippen molar-refractivity contribution < 1.29 is 14.3 Å². The summed E-state index contributed by atoms with van der Waals surface area (Å²) in [6.07, 6.45) is 3.95. The monoisotopic (exact) mass is 347 g/mol. The van der Waals surface area contributed by atoms with E-state index in [-0.39, 0.29) is 23.5 Å². The molecule has 1 aromatic carbocycles. The van der Waals surface area contributed by atoms with Crippen molar-refractivity contribution in [3.05, 3.63) is 29.8 Å². The molecule has 1 saturated carbocycles. The lowest BCUT2D eigenvalue weighted by Crippen LogP contribution is -2.49. The molecule has 3 fully saturated rings. The molecule has 0 aromatic heterocycles. The minimum absolute atomic E-state index is 0.0203. The summed E-state index contributed by atoms with van der Waals surface area (Å²) in [5.74, 6) is 3.76. The van der Waals surface area contributed by atoms with Crippen LogP contribution in [0.1, 0.15) is 37.2 Å². The second kappa shape index (κ2) is 6.60. The van der Waals surface area contributed by atoms with Crippen molar-refractivity contribution in [2.45, 2.75) is 43.2 Å². The Labute approximate surface area is 147 Å². The van der Waals surface area contributed by atoms with Crippen LogP contribution in [0.3, 0.4) is 0 Å². The number of thioether (sulfide) groups is 1. The number of methoxy groups -OCH3 is 1. The van der Waals surface area contributed by atoms with Crippen LogP contribution in [-0.4, -0.2) is 42.8 Å². The average molecular weight is 347 g/mol. The van der Waals surface area contributed by atoms with E-state index in [4.69, 9.17) is 9.47 Å². The summed E-state index contributed by atoms with van der Waals surface area (Å²) in [7, 11) is 1.69. The lowest BCUT2D eigenvalue weighted by molar-refractivity contribution is -0.125. The Morgan fingerprint density at radius 3 is 3.08 bits per heavy atom. The minimum atomic E-state index is 0.0203. The standard InChI is InChI=1S/C19H25NO3S/c1-22-17-5-3-2-4-14(17)15-10-16(15)18(21)20-13-6-8-23-19(11-13)7-9-24-12-19/h2-5,13,15-16H,6-12H2,1H3,(H,20,21)/t13-,15-,16+,19+/m0/s1. The summed E-state index contributed by atoms with van der Waals surface area (Å²) in [4.78, 5) is 12.7. The summed E-state index contributed by atoms with van der Waals surface area (Å²) in [5.41, 5.74) is 1.18. The maximum atomic E-state index is 12.7. The van der Waals surface area contributed by atoms with E-state index in [1.807, 2.05) is 30.0 Å². The smallest absolute Gasteiger partial charge is 0.223 e. The molecule has 4 nitrogen and oxygen atoms in total. The molecule has 0 radical (unpaired) electrons. The van der Waals surface area contributed by atoms with E-state index in [0.717, 1.165) is 49.4 Å². The van der Waals surface area contributed by atoms with Crippen molar-refractivity contribution in [3.8, 4) is 5.75 Å². The Morgan fingerprint density at radius 2 is 2.29 bits per heavy atom. The molecule has 130 valence electrons. The van der Waals surface area contributed by atoms with E-state index in [9.17, 15) is 4.79 Å². The predicted molar refractivity (Wildman–Crippen MR) is 95.6 cm³/mol. The second-order valence-electron chi connectivity index (χ2n) is 7.22. The highest BCUT2D eigenvalue weighted by Crippen LogP contribution is 2.50. The third kappa shape index (κ3) is 3.16. The van der Waals surface area contributed by atoms with Crippen LogP contribution in [0.25, 0.3) is 0 Å². The molecule has 0 bridgehead atoms. The number of carbonyl (C=O) groups excluding carboxylic acids is 1. The number of benzene rings is 1. The third-order valence-electron chi connectivity index (χ3n) is 5.57. The van der Waals surface area contributed by atoms with Crippen LogP contribution in [0.4, 0.5) is 0 Å². The van der Waals surface area contributed by atoms with Gasteiger partial charge in [-0.05, 0) is 49.0 Å². The fourth-order valence-corrected chi connectivity index (χ4v) is 5.50. The van der Waals surface area contributed by atoms with Gasteiger partial charge in [0.15, 0.2) is 0 Å². The van der Waals surface area contributed by atoms with Crippen LogP contribution in [0.15, 0.2) is 24.3 Å². The zero-order valence-corrected chi connectivity index (χ0v) is 14.9. The molecule has 2 heterocycles. The number of rotatable bonds is 4. The number of hydrogen-bond acceptors (Lipinski definition) is 4. The average Bonchev–Trinajstić information content (AvgIpc) is 3.29. The van der Waals surface area contributed by atoms with Gasteiger partial charge in [-0.2, -0.15) is 11.8 Å². The maximum Gasteiger partial charge on any atom is 0.223 e. The first-order valence-electron chi connectivity index (χ1n) is 8.86. The van der Waals surface area contributed by atoms with Gasteiger partial charge in [-0.15, -0.1) is 0 Å². The lowest BCUT2D eigenvalue weighted by Gasteiger charge is -2.38. The molecule has 0 unspecified atom stereocenters. The first kappa shape index (κ1) is 16.3. The Kier molecular flexibility index (Phi) is 4.48. The van der Waals surface area contributed by atoms with Crippen molar-refractivity contribution >= 4 is 17.7 Å². The van der Waals surface area contributed by atoms with Gasteiger partial charge in [0, 0.05) is 24.3 Å². The Morgan fingerprint density at radius 1 is 1.42 bits per heavy atom. The van der Waals surface area contributed by atoms with Gasteiger partial charge in [0.25, 0.3) is 0 Å². The predicted octanol–water partition coefficient (Wildman–Crippen LogP) is 2.97. The topological polar surface area (TPSA) is 47.6 Å². The molecule has 1 amide bonds. The molecule has 1 aliphatic carbocycles. The number of nitrogens with one attached hydrogen (secondary N) is 1. The molecule has 2 aliphatic heterocycles. The highest BCUT2D eigenvalue weighted by molar-refractivity contribution is 7.99. The summed E-state index contributed by atoms with van der Waals surface area (Å²) in [5, 5.41) is 3.30. The Balaban J connectivity index is 1.36. The normalized spacial score (nSPS) is 35.0. The van der Waals surface area contributed by atoms with Gasteiger partial charge in [-0.25, -0.2) is 0 Å². The molecule has 1 N–H and O–H groups in total. The zero-order chi connectivity index (χ0) is 16.6.